The van der Waals surface area contributed by atoms with E-state index in [1.807, 2.05) is 24.3 Å². The predicted molar refractivity (Wildman–Crippen MR) is 75.2 cm³/mol. The van der Waals surface area contributed by atoms with Crippen LogP contribution in [0.3, 0.4) is 0 Å². The van der Waals surface area contributed by atoms with E-state index in [4.69, 9.17) is 9.84 Å². The Balaban J connectivity index is 2.36. The molecule has 5 nitrogen and oxygen atoms in total. The van der Waals surface area contributed by atoms with Gasteiger partial charge in [-0.25, -0.2) is 0 Å². The van der Waals surface area contributed by atoms with E-state index in [0.717, 1.165) is 24.1 Å². The van der Waals surface area contributed by atoms with Gasteiger partial charge >= 0.3 is 0 Å². The number of anilines is 1. The van der Waals surface area contributed by atoms with Gasteiger partial charge in [-0.2, -0.15) is 0 Å². The minimum Gasteiger partial charge on any atom is -0.396 e. The van der Waals surface area contributed by atoms with Crippen molar-refractivity contribution in [1.29, 1.82) is 0 Å². The molecule has 0 spiro atoms. The molecule has 0 aliphatic carbocycles. The Kier molecular flexibility index (Phi) is 7.81. The first-order chi connectivity index (χ1) is 9.26. The summed E-state index contributed by atoms with van der Waals surface area (Å²) in [6.45, 7) is 1.69. The van der Waals surface area contributed by atoms with Gasteiger partial charge in [0.2, 0.25) is 5.91 Å². The molecule has 0 unspecified atom stereocenters. The third-order valence-corrected chi connectivity index (χ3v) is 2.60. The lowest BCUT2D eigenvalue weighted by molar-refractivity contribution is -0.115. The van der Waals surface area contributed by atoms with Gasteiger partial charge in [0.15, 0.2) is 0 Å². The van der Waals surface area contributed by atoms with Crippen LogP contribution < -0.4 is 10.6 Å². The molecule has 0 aliphatic heterocycles. The molecule has 106 valence electrons. The predicted octanol–water partition coefficient (Wildman–Crippen LogP) is 0.786. The zero-order valence-corrected chi connectivity index (χ0v) is 11.3. The SMILES string of the molecule is COCCNCC(=O)Nc1cccc(CCCO)c1. The number of ether oxygens (including phenoxy) is 1. The van der Waals surface area contributed by atoms with Gasteiger partial charge in [-0.3, -0.25) is 4.79 Å². The quantitative estimate of drug-likeness (QED) is 0.578. The molecule has 5 heteroatoms. The van der Waals surface area contributed by atoms with Crippen molar-refractivity contribution in [3.8, 4) is 0 Å². The zero-order chi connectivity index (χ0) is 13.9. The molecule has 0 heterocycles. The van der Waals surface area contributed by atoms with Crippen LogP contribution >= 0.6 is 0 Å². The normalized spacial score (nSPS) is 10.4. The summed E-state index contributed by atoms with van der Waals surface area (Å²) in [7, 11) is 1.62. The topological polar surface area (TPSA) is 70.6 Å². The van der Waals surface area contributed by atoms with Crippen LogP contribution in [0.2, 0.25) is 0 Å². The molecule has 3 N–H and O–H groups in total. The highest BCUT2D eigenvalue weighted by molar-refractivity contribution is 5.92. The van der Waals surface area contributed by atoms with Gasteiger partial charge in [-0.05, 0) is 30.5 Å². The highest BCUT2D eigenvalue weighted by Crippen LogP contribution is 2.11. The van der Waals surface area contributed by atoms with Crippen LogP contribution in [0.1, 0.15) is 12.0 Å². The number of hydrogen-bond acceptors (Lipinski definition) is 4. The molecule has 0 saturated carbocycles. The van der Waals surface area contributed by atoms with Crippen molar-refractivity contribution in [2.24, 2.45) is 0 Å². The van der Waals surface area contributed by atoms with Crippen molar-refractivity contribution >= 4 is 11.6 Å². The van der Waals surface area contributed by atoms with Crippen LogP contribution in [-0.2, 0) is 16.0 Å². The molecule has 1 aromatic rings. The number of nitrogens with one attached hydrogen (secondary N) is 2. The second-order valence-electron chi connectivity index (χ2n) is 4.25. The minimum absolute atomic E-state index is 0.0737. The molecule has 0 radical (unpaired) electrons. The number of carbonyl (C=O) groups excluding carboxylic acids is 1. The molecule has 0 fully saturated rings. The van der Waals surface area contributed by atoms with E-state index in [2.05, 4.69) is 10.6 Å². The van der Waals surface area contributed by atoms with Gasteiger partial charge in [0.25, 0.3) is 0 Å². The summed E-state index contributed by atoms with van der Waals surface area (Å²) in [6, 6.07) is 7.68. The maximum Gasteiger partial charge on any atom is 0.238 e. The number of carbonyl (C=O) groups is 1. The molecular weight excluding hydrogens is 244 g/mol. The first-order valence-electron chi connectivity index (χ1n) is 6.45. The van der Waals surface area contributed by atoms with E-state index >= 15 is 0 Å². The summed E-state index contributed by atoms with van der Waals surface area (Å²) < 4.78 is 4.88. The smallest absolute Gasteiger partial charge is 0.238 e. The summed E-state index contributed by atoms with van der Waals surface area (Å²) in [5.41, 5.74) is 1.90. The Morgan fingerprint density at radius 2 is 2.26 bits per heavy atom. The number of hydrogen-bond donors (Lipinski definition) is 3. The van der Waals surface area contributed by atoms with Gasteiger partial charge < -0.3 is 20.5 Å². The molecule has 1 amide bonds. The van der Waals surface area contributed by atoms with E-state index in [1.165, 1.54) is 0 Å². The fourth-order valence-corrected chi connectivity index (χ4v) is 1.67. The Bertz CT molecular complexity index is 383. The van der Waals surface area contributed by atoms with E-state index in [0.29, 0.717) is 13.2 Å². The average molecular weight is 266 g/mol. The fraction of sp³-hybridized carbons (Fsp3) is 0.500. The number of amides is 1. The first-order valence-corrected chi connectivity index (χ1v) is 6.45. The summed E-state index contributed by atoms with van der Waals surface area (Å²) in [5.74, 6) is -0.0737. The molecule has 0 bridgehead atoms. The fourth-order valence-electron chi connectivity index (χ4n) is 1.67. The van der Waals surface area contributed by atoms with Crippen molar-refractivity contribution in [3.05, 3.63) is 29.8 Å². The van der Waals surface area contributed by atoms with Gasteiger partial charge in [-0.15, -0.1) is 0 Å². The van der Waals surface area contributed by atoms with Crippen molar-refractivity contribution in [2.45, 2.75) is 12.8 Å². The Morgan fingerprint density at radius 1 is 1.42 bits per heavy atom. The van der Waals surface area contributed by atoms with Gasteiger partial charge in [0.1, 0.15) is 0 Å². The van der Waals surface area contributed by atoms with E-state index in [9.17, 15) is 4.79 Å². The van der Waals surface area contributed by atoms with Crippen LogP contribution in [0.4, 0.5) is 5.69 Å². The Labute approximate surface area is 114 Å². The molecule has 0 saturated heterocycles. The molecular formula is C14H22N2O3. The van der Waals surface area contributed by atoms with Crippen molar-refractivity contribution < 1.29 is 14.6 Å². The number of aliphatic hydroxyl groups is 1. The van der Waals surface area contributed by atoms with Crippen LogP contribution in [0.15, 0.2) is 24.3 Å². The summed E-state index contributed by atoms with van der Waals surface area (Å²) in [6.07, 6.45) is 1.54. The van der Waals surface area contributed by atoms with Gasteiger partial charge in [0.05, 0.1) is 13.2 Å². The van der Waals surface area contributed by atoms with E-state index in [1.54, 1.807) is 7.11 Å². The molecule has 0 atom stereocenters. The van der Waals surface area contributed by atoms with Crippen LogP contribution in [0, 0.1) is 0 Å². The Hall–Kier alpha value is -1.43. The molecule has 1 rings (SSSR count). The van der Waals surface area contributed by atoms with Crippen LogP contribution in [-0.4, -0.2) is 44.4 Å². The number of aryl methyl sites for hydroxylation is 1. The lowest BCUT2D eigenvalue weighted by Crippen LogP contribution is -2.30. The zero-order valence-electron chi connectivity index (χ0n) is 11.3. The summed E-state index contributed by atoms with van der Waals surface area (Å²) in [5, 5.41) is 14.6. The van der Waals surface area contributed by atoms with Crippen molar-refractivity contribution in [2.75, 3.05) is 38.7 Å². The number of aliphatic hydroxyl groups excluding tert-OH is 1. The second-order valence-corrected chi connectivity index (χ2v) is 4.25. The molecule has 19 heavy (non-hydrogen) atoms. The number of benzene rings is 1. The maximum absolute atomic E-state index is 11.6. The standard InChI is InChI=1S/C14H22N2O3/c1-19-9-7-15-11-14(18)16-13-6-2-4-12(10-13)5-3-8-17/h2,4,6,10,15,17H,3,5,7-9,11H2,1H3,(H,16,18). The van der Waals surface area contributed by atoms with Crippen LogP contribution in [0.5, 0.6) is 0 Å². The summed E-state index contributed by atoms with van der Waals surface area (Å²) >= 11 is 0. The molecule has 0 aromatic heterocycles. The maximum atomic E-state index is 11.6. The minimum atomic E-state index is -0.0737. The highest BCUT2D eigenvalue weighted by Gasteiger charge is 2.02. The van der Waals surface area contributed by atoms with E-state index in [-0.39, 0.29) is 19.1 Å². The van der Waals surface area contributed by atoms with Crippen LogP contribution in [0.25, 0.3) is 0 Å². The largest absolute Gasteiger partial charge is 0.396 e. The van der Waals surface area contributed by atoms with Gasteiger partial charge in [-0.1, -0.05) is 12.1 Å². The monoisotopic (exact) mass is 266 g/mol. The van der Waals surface area contributed by atoms with Crippen molar-refractivity contribution in [1.82, 2.24) is 5.32 Å². The van der Waals surface area contributed by atoms with Gasteiger partial charge in [0, 0.05) is 25.9 Å². The summed E-state index contributed by atoms with van der Waals surface area (Å²) in [4.78, 5) is 11.6. The highest BCUT2D eigenvalue weighted by atomic mass is 16.5. The third-order valence-electron chi connectivity index (χ3n) is 2.60. The number of methoxy groups -OCH3 is 1. The molecule has 0 aliphatic rings. The van der Waals surface area contributed by atoms with E-state index < -0.39 is 0 Å². The number of rotatable bonds is 9. The first kappa shape index (κ1) is 15.6. The third kappa shape index (κ3) is 6.91. The molecule has 1 aromatic carbocycles. The lowest BCUT2D eigenvalue weighted by atomic mass is 10.1. The Morgan fingerprint density at radius 3 is 3.00 bits per heavy atom. The second kappa shape index (κ2) is 9.49. The average Bonchev–Trinajstić information content (AvgIpc) is 2.42. The lowest BCUT2D eigenvalue weighted by Gasteiger charge is -2.08. The van der Waals surface area contributed by atoms with Crippen molar-refractivity contribution in [3.63, 3.8) is 0 Å².